The van der Waals surface area contributed by atoms with Crippen LogP contribution in [0.2, 0.25) is 0 Å². The number of aryl methyl sites for hydroxylation is 1. The van der Waals surface area contributed by atoms with Crippen LogP contribution in [0.25, 0.3) is 0 Å². The molecular formula is C19H21FO5S. The first-order valence-electron chi connectivity index (χ1n) is 8.18. The van der Waals surface area contributed by atoms with E-state index >= 15 is 0 Å². The highest BCUT2D eigenvalue weighted by molar-refractivity contribution is 7.90. The number of benzene rings is 2. The van der Waals surface area contributed by atoms with Gasteiger partial charge in [-0.2, -0.15) is 0 Å². The quantitative estimate of drug-likeness (QED) is 0.543. The topological polar surface area (TPSA) is 69.7 Å². The highest BCUT2D eigenvalue weighted by Crippen LogP contribution is 2.31. The average Bonchev–Trinajstić information content (AvgIpc) is 2.61. The summed E-state index contributed by atoms with van der Waals surface area (Å²) in [6.07, 6.45) is 0.612. The van der Waals surface area contributed by atoms with E-state index < -0.39 is 27.4 Å². The van der Waals surface area contributed by atoms with Gasteiger partial charge in [0.1, 0.15) is 17.1 Å². The maximum Gasteiger partial charge on any atom is 0.342 e. The van der Waals surface area contributed by atoms with Crippen molar-refractivity contribution in [1.29, 1.82) is 0 Å². The Bertz CT molecular complexity index is 889. The first kappa shape index (κ1) is 19.9. The van der Waals surface area contributed by atoms with E-state index in [4.69, 9.17) is 9.47 Å². The van der Waals surface area contributed by atoms with E-state index in [9.17, 15) is 17.6 Å². The molecule has 0 unspecified atom stereocenters. The fraction of sp³-hybridized carbons (Fsp3) is 0.316. The molecule has 0 aliphatic carbocycles. The summed E-state index contributed by atoms with van der Waals surface area (Å²) in [5.41, 5.74) is 1.17. The zero-order valence-corrected chi connectivity index (χ0v) is 15.7. The van der Waals surface area contributed by atoms with E-state index in [2.05, 4.69) is 0 Å². The molecule has 0 aliphatic rings. The largest absolute Gasteiger partial charge is 0.496 e. The second kappa shape index (κ2) is 8.31. The van der Waals surface area contributed by atoms with Gasteiger partial charge in [-0.3, -0.25) is 0 Å². The van der Waals surface area contributed by atoms with Crippen LogP contribution in [0, 0.1) is 5.82 Å². The second-order valence-electron chi connectivity index (χ2n) is 5.58. The minimum atomic E-state index is -3.78. The van der Waals surface area contributed by atoms with Gasteiger partial charge < -0.3 is 9.47 Å². The third kappa shape index (κ3) is 4.22. The second-order valence-corrected chi connectivity index (χ2v) is 7.57. The zero-order chi connectivity index (χ0) is 19.3. The Morgan fingerprint density at radius 1 is 1.04 bits per heavy atom. The Morgan fingerprint density at radius 3 is 2.19 bits per heavy atom. The van der Waals surface area contributed by atoms with E-state index in [1.165, 1.54) is 19.2 Å². The molecule has 0 N–H and O–H groups in total. The van der Waals surface area contributed by atoms with Gasteiger partial charge >= 0.3 is 5.97 Å². The summed E-state index contributed by atoms with van der Waals surface area (Å²) in [5.74, 6) is -1.26. The van der Waals surface area contributed by atoms with E-state index in [0.717, 1.165) is 17.7 Å². The van der Waals surface area contributed by atoms with Crippen molar-refractivity contribution in [3.8, 4) is 5.75 Å². The normalized spacial score (nSPS) is 11.2. The van der Waals surface area contributed by atoms with Crippen molar-refractivity contribution < 1.29 is 27.1 Å². The molecule has 7 heteroatoms. The minimum absolute atomic E-state index is 0.0211. The van der Waals surface area contributed by atoms with Gasteiger partial charge in [0, 0.05) is 0 Å². The van der Waals surface area contributed by atoms with Crippen LogP contribution in [0.4, 0.5) is 4.39 Å². The van der Waals surface area contributed by atoms with Crippen molar-refractivity contribution in [2.24, 2.45) is 0 Å². The number of rotatable bonds is 7. The third-order valence-electron chi connectivity index (χ3n) is 3.91. The Morgan fingerprint density at radius 2 is 1.65 bits per heavy atom. The van der Waals surface area contributed by atoms with Crippen LogP contribution in [0.15, 0.2) is 41.3 Å². The van der Waals surface area contributed by atoms with E-state index in [1.807, 2.05) is 6.92 Å². The minimum Gasteiger partial charge on any atom is -0.496 e. The molecule has 2 rings (SSSR count). The highest BCUT2D eigenvalue weighted by Gasteiger charge is 2.25. The molecule has 140 valence electrons. The van der Waals surface area contributed by atoms with E-state index in [0.29, 0.717) is 12.2 Å². The number of esters is 1. The molecule has 0 aliphatic heterocycles. The standard InChI is InChI=1S/C19H21FO5S/c1-4-13-6-7-14(17(18(13)24-3)19(21)25-5-2)12-26(22,23)16-10-8-15(20)9-11-16/h6-11H,4-5,12H2,1-3H3. The number of sulfone groups is 1. The summed E-state index contributed by atoms with van der Waals surface area (Å²) in [6, 6.07) is 7.89. The van der Waals surface area contributed by atoms with Crippen LogP contribution in [0.3, 0.4) is 0 Å². The predicted octanol–water partition coefficient (Wildman–Crippen LogP) is 3.55. The van der Waals surface area contributed by atoms with Crippen LogP contribution in [-0.2, 0) is 26.7 Å². The molecule has 2 aromatic carbocycles. The van der Waals surface area contributed by atoms with Crippen LogP contribution < -0.4 is 4.74 Å². The number of hydrogen-bond acceptors (Lipinski definition) is 5. The van der Waals surface area contributed by atoms with Crippen LogP contribution in [-0.4, -0.2) is 28.1 Å². The van der Waals surface area contributed by atoms with Crippen molar-refractivity contribution in [3.05, 3.63) is 58.9 Å². The molecule has 0 saturated carbocycles. The lowest BCUT2D eigenvalue weighted by atomic mass is 10.0. The number of halogens is 1. The fourth-order valence-electron chi connectivity index (χ4n) is 2.66. The van der Waals surface area contributed by atoms with Gasteiger partial charge in [-0.25, -0.2) is 17.6 Å². The summed E-state index contributed by atoms with van der Waals surface area (Å²) in [6.45, 7) is 3.73. The summed E-state index contributed by atoms with van der Waals surface area (Å²) < 4.78 is 48.9. The van der Waals surface area contributed by atoms with Gasteiger partial charge in [0.2, 0.25) is 0 Å². The van der Waals surface area contributed by atoms with Crippen molar-refractivity contribution in [3.63, 3.8) is 0 Å². The van der Waals surface area contributed by atoms with Crippen LogP contribution in [0.1, 0.15) is 35.3 Å². The molecule has 0 fully saturated rings. The summed E-state index contributed by atoms with van der Waals surface area (Å²) in [5, 5.41) is 0. The lowest BCUT2D eigenvalue weighted by Crippen LogP contribution is -2.15. The molecular weight excluding hydrogens is 359 g/mol. The first-order chi connectivity index (χ1) is 12.3. The smallest absolute Gasteiger partial charge is 0.342 e. The number of hydrogen-bond donors (Lipinski definition) is 0. The SMILES string of the molecule is CCOC(=O)c1c(CS(=O)(=O)c2ccc(F)cc2)ccc(CC)c1OC. The molecule has 0 heterocycles. The molecule has 0 radical (unpaired) electrons. The molecule has 0 aromatic heterocycles. The molecule has 0 spiro atoms. The molecule has 0 bridgehead atoms. The van der Waals surface area contributed by atoms with E-state index in [1.54, 1.807) is 19.1 Å². The van der Waals surface area contributed by atoms with Crippen molar-refractivity contribution >= 4 is 15.8 Å². The Kier molecular flexibility index (Phi) is 6.37. The summed E-state index contributed by atoms with van der Waals surface area (Å²) >= 11 is 0. The van der Waals surface area contributed by atoms with Crippen molar-refractivity contribution in [2.45, 2.75) is 30.9 Å². The average molecular weight is 380 g/mol. The van der Waals surface area contributed by atoms with Gasteiger partial charge in [-0.05, 0) is 48.7 Å². The van der Waals surface area contributed by atoms with Crippen LogP contribution in [0.5, 0.6) is 5.75 Å². The Hall–Kier alpha value is -2.41. The zero-order valence-electron chi connectivity index (χ0n) is 14.9. The fourth-order valence-corrected chi connectivity index (χ4v) is 4.02. The number of carbonyl (C=O) groups excluding carboxylic acids is 1. The van der Waals surface area contributed by atoms with Crippen molar-refractivity contribution in [1.82, 2.24) is 0 Å². The monoisotopic (exact) mass is 380 g/mol. The molecule has 2 aromatic rings. The lowest BCUT2D eigenvalue weighted by molar-refractivity contribution is 0.0521. The van der Waals surface area contributed by atoms with Crippen molar-refractivity contribution in [2.75, 3.05) is 13.7 Å². The number of carbonyl (C=O) groups is 1. The Balaban J connectivity index is 2.54. The number of ether oxygens (including phenoxy) is 2. The van der Waals surface area contributed by atoms with Gasteiger partial charge in [-0.1, -0.05) is 19.1 Å². The maximum atomic E-state index is 13.1. The van der Waals surface area contributed by atoms with Gasteiger partial charge in [0.15, 0.2) is 9.84 Å². The molecule has 0 saturated heterocycles. The third-order valence-corrected chi connectivity index (χ3v) is 5.59. The van der Waals surface area contributed by atoms with Gasteiger partial charge in [0.05, 0.1) is 24.4 Å². The number of methoxy groups -OCH3 is 1. The van der Waals surface area contributed by atoms with Gasteiger partial charge in [0.25, 0.3) is 0 Å². The maximum absolute atomic E-state index is 13.1. The summed E-state index contributed by atoms with van der Waals surface area (Å²) in [4.78, 5) is 12.4. The first-order valence-corrected chi connectivity index (χ1v) is 9.83. The summed E-state index contributed by atoms with van der Waals surface area (Å²) in [7, 11) is -2.35. The van der Waals surface area contributed by atoms with Crippen LogP contribution >= 0.6 is 0 Å². The lowest BCUT2D eigenvalue weighted by Gasteiger charge is -2.16. The van der Waals surface area contributed by atoms with Gasteiger partial charge in [-0.15, -0.1) is 0 Å². The molecule has 26 heavy (non-hydrogen) atoms. The molecule has 0 amide bonds. The highest BCUT2D eigenvalue weighted by atomic mass is 32.2. The molecule has 0 atom stereocenters. The Labute approximate surface area is 152 Å². The molecule has 5 nitrogen and oxygen atoms in total. The van der Waals surface area contributed by atoms with E-state index in [-0.39, 0.29) is 22.6 Å². The predicted molar refractivity (Wildman–Crippen MR) is 95.6 cm³/mol.